The predicted octanol–water partition coefficient (Wildman–Crippen LogP) is -2.95. The molecule has 0 bridgehead atoms. The number of hydrogen-bond acceptors (Lipinski definition) is 4. The molecule has 9 heteroatoms. The second kappa shape index (κ2) is 12.1. The van der Waals surface area contributed by atoms with E-state index in [0.717, 1.165) is 0 Å². The number of halogens is 1. The Morgan fingerprint density at radius 3 is 1.00 bits per heavy atom. The fraction of sp³-hybridized carbons (Fsp3) is 0. The van der Waals surface area contributed by atoms with Crippen LogP contribution in [0.2, 0.25) is 0 Å². The van der Waals surface area contributed by atoms with Crippen molar-refractivity contribution in [2.75, 3.05) is 0 Å². The van der Waals surface area contributed by atoms with Gasteiger partial charge < -0.3 is 20.1 Å². The van der Waals surface area contributed by atoms with Crippen LogP contribution in [-0.2, 0) is 10.4 Å². The third-order valence-electron chi connectivity index (χ3n) is 0. The van der Waals surface area contributed by atoms with E-state index in [4.69, 9.17) is 17.5 Å². The Kier molecular flexibility index (Phi) is 42.4. The molecule has 0 atom stereocenters. The van der Waals surface area contributed by atoms with E-state index in [1.807, 2.05) is 0 Å². The Morgan fingerprint density at radius 2 is 1.00 bits per heavy atom. The van der Waals surface area contributed by atoms with Crippen molar-refractivity contribution in [1.82, 2.24) is 0 Å². The minimum Gasteiger partial charge on any atom is -0.759 e. The molecule has 0 unspecified atom stereocenters. The van der Waals surface area contributed by atoms with E-state index in [9.17, 15) is 0 Å². The smallest absolute Gasteiger partial charge is 0.759 e. The first-order chi connectivity index (χ1) is 2.00. The molecule has 0 radical (unpaired) electrons. The molecule has 0 rings (SSSR count). The molecule has 0 heterocycles. The van der Waals surface area contributed by atoms with Crippen molar-refractivity contribution in [3.63, 3.8) is 0 Å². The van der Waals surface area contributed by atoms with Crippen molar-refractivity contribution < 1.29 is 28.5 Å². The molecule has 0 fully saturated rings. The van der Waals surface area contributed by atoms with Gasteiger partial charge in [-0.3, -0.25) is 8.42 Å². The summed E-state index contributed by atoms with van der Waals surface area (Å²) in [4.78, 5) is 0. The van der Waals surface area contributed by atoms with Gasteiger partial charge in [-0.1, -0.05) is 0 Å². The maximum absolute atomic E-state index is 8.52. The Balaban J connectivity index is -0.0000000133. The van der Waals surface area contributed by atoms with Crippen LogP contribution in [0.4, 0.5) is 0 Å². The molecule has 0 saturated heterocycles. The Bertz CT molecular complexity index is 96.2. The van der Waals surface area contributed by atoms with Crippen LogP contribution in [0, 0.1) is 0 Å². The van der Waals surface area contributed by atoms with Crippen LogP contribution >= 0.6 is 12.4 Å². The molecule has 0 amide bonds. The van der Waals surface area contributed by atoms with Gasteiger partial charge in [0.2, 0.25) is 0 Å². The average Bonchev–Trinajstić information content (AvgIpc) is 0.722. The monoisotopic (exact) mass is 208 g/mol. The molecule has 0 aliphatic rings. The first-order valence-electron chi connectivity index (χ1n) is 0.667. The summed E-state index contributed by atoms with van der Waals surface area (Å²) in [5, 5.41) is 0. The van der Waals surface area contributed by atoms with E-state index in [1.54, 1.807) is 0 Å². The molecule has 56 valence electrons. The van der Waals surface area contributed by atoms with E-state index in [0.29, 0.717) is 0 Å². The van der Waals surface area contributed by atoms with E-state index in [-0.39, 0.29) is 61.1 Å². The van der Waals surface area contributed by atoms with Crippen LogP contribution in [-0.4, -0.2) is 66.2 Å². The molecule has 0 aliphatic heterocycles. The largest absolute Gasteiger partial charge is 2.00 e. The van der Waals surface area contributed by atoms with E-state index >= 15 is 0 Å². The van der Waals surface area contributed by atoms with Crippen molar-refractivity contribution in [2.24, 2.45) is 0 Å². The van der Waals surface area contributed by atoms with Crippen LogP contribution < -0.4 is 0 Å². The van der Waals surface area contributed by atoms with Crippen LogP contribution in [0.5, 0.6) is 0 Å². The van der Waals surface area contributed by atoms with Gasteiger partial charge in [0.25, 0.3) is 0 Å². The fourth-order valence-electron chi connectivity index (χ4n) is 0. The van der Waals surface area contributed by atoms with Crippen LogP contribution in [0.1, 0.15) is 0 Å². The van der Waals surface area contributed by atoms with Gasteiger partial charge in [0.1, 0.15) is 0 Å². The third kappa shape index (κ3) is 280. The van der Waals surface area contributed by atoms with Gasteiger partial charge in [0.05, 0.1) is 0 Å². The van der Waals surface area contributed by atoms with Gasteiger partial charge in [-0.25, -0.2) is 0 Å². The predicted molar refractivity (Wildman–Crippen MR) is 30.7 cm³/mol. The SMILES string of the molecule is Cl.O.O.O=S(=O)([O-])[O-].[Ca+2]. The molecule has 0 spiro atoms. The van der Waals surface area contributed by atoms with Gasteiger partial charge >= 0.3 is 37.7 Å². The maximum Gasteiger partial charge on any atom is 2.00 e. The minimum atomic E-state index is -5.17. The molecule has 6 nitrogen and oxygen atoms in total. The summed E-state index contributed by atoms with van der Waals surface area (Å²) in [5.74, 6) is 0. The zero-order valence-electron chi connectivity index (χ0n) is 4.16. The van der Waals surface area contributed by atoms with Crippen molar-refractivity contribution in [2.45, 2.75) is 0 Å². The minimum absolute atomic E-state index is 0. The first-order valence-corrected chi connectivity index (χ1v) is 2.00. The Hall–Kier alpha value is 1.34. The summed E-state index contributed by atoms with van der Waals surface area (Å²) >= 11 is 0. The Labute approximate surface area is 88.2 Å². The maximum atomic E-state index is 8.52. The molecule has 0 saturated carbocycles. The average molecular weight is 209 g/mol. The van der Waals surface area contributed by atoms with Crippen molar-refractivity contribution in [3.05, 3.63) is 0 Å². The summed E-state index contributed by atoms with van der Waals surface area (Å²) in [6.45, 7) is 0. The summed E-state index contributed by atoms with van der Waals surface area (Å²) in [5.41, 5.74) is 0. The van der Waals surface area contributed by atoms with E-state index < -0.39 is 10.4 Å². The number of hydrogen-bond donors (Lipinski definition) is 0. The molecule has 9 heavy (non-hydrogen) atoms. The second-order valence-electron chi connectivity index (χ2n) is 0.408. The van der Waals surface area contributed by atoms with Crippen LogP contribution in [0.25, 0.3) is 0 Å². The molecule has 0 aromatic heterocycles. The zero-order chi connectivity index (χ0) is 4.50. The summed E-state index contributed by atoms with van der Waals surface area (Å²) in [7, 11) is -5.17. The fourth-order valence-corrected chi connectivity index (χ4v) is 0. The molecule has 0 aromatic carbocycles. The normalized spacial score (nSPS) is 6.44. The van der Waals surface area contributed by atoms with Crippen molar-refractivity contribution in [3.8, 4) is 0 Å². The summed E-state index contributed by atoms with van der Waals surface area (Å²) in [6.07, 6.45) is 0. The third-order valence-corrected chi connectivity index (χ3v) is 0. The van der Waals surface area contributed by atoms with Crippen LogP contribution in [0.15, 0.2) is 0 Å². The van der Waals surface area contributed by atoms with Crippen molar-refractivity contribution in [1.29, 1.82) is 0 Å². The van der Waals surface area contributed by atoms with Crippen LogP contribution in [0.3, 0.4) is 0 Å². The zero-order valence-corrected chi connectivity index (χ0v) is 8.00. The molecule has 0 aromatic rings. The van der Waals surface area contributed by atoms with Gasteiger partial charge in [0, 0.05) is 10.4 Å². The van der Waals surface area contributed by atoms with Gasteiger partial charge in [-0.15, -0.1) is 12.4 Å². The van der Waals surface area contributed by atoms with E-state index in [1.165, 1.54) is 0 Å². The first kappa shape index (κ1) is 31.6. The molecule has 4 N–H and O–H groups in total. The van der Waals surface area contributed by atoms with Crippen molar-refractivity contribution >= 4 is 60.5 Å². The van der Waals surface area contributed by atoms with Gasteiger partial charge in [-0.05, 0) is 0 Å². The number of rotatable bonds is 0. The van der Waals surface area contributed by atoms with Gasteiger partial charge in [0.15, 0.2) is 0 Å². The van der Waals surface area contributed by atoms with Gasteiger partial charge in [-0.2, -0.15) is 0 Å². The second-order valence-corrected chi connectivity index (χ2v) is 1.22. The summed E-state index contributed by atoms with van der Waals surface area (Å²) < 4.78 is 34.1. The molecular formula is H5CaClO6S. The Morgan fingerprint density at radius 1 is 1.00 bits per heavy atom. The molecule has 0 aliphatic carbocycles. The standard InChI is InChI=1S/Ca.ClH.H2O4S.2H2O/c;;1-5(2,3)4;;/h;1H;(H2,1,2,3,4);2*1H2/q+2;;;;/p-2. The topological polar surface area (TPSA) is 143 Å². The quantitative estimate of drug-likeness (QED) is 0.238. The van der Waals surface area contributed by atoms with E-state index in [2.05, 4.69) is 0 Å². The summed E-state index contributed by atoms with van der Waals surface area (Å²) in [6, 6.07) is 0. The molecular weight excluding hydrogens is 204 g/mol.